The number of anilines is 2. The molecule has 1 aliphatic rings. The Morgan fingerprint density at radius 3 is 2.86 bits per heavy atom. The van der Waals surface area contributed by atoms with E-state index in [4.69, 9.17) is 0 Å². The van der Waals surface area contributed by atoms with E-state index in [1.54, 1.807) is 0 Å². The Hall–Kier alpha value is -1.96. The second kappa shape index (κ2) is 7.16. The van der Waals surface area contributed by atoms with Gasteiger partial charge >= 0.3 is 0 Å². The van der Waals surface area contributed by atoms with Gasteiger partial charge in [-0.3, -0.25) is 0 Å². The van der Waals surface area contributed by atoms with E-state index >= 15 is 0 Å². The summed E-state index contributed by atoms with van der Waals surface area (Å²) in [5, 5.41) is 3.31. The molecule has 0 saturated heterocycles. The molecule has 0 atom stereocenters. The molecule has 1 aromatic carbocycles. The third-order valence-electron chi connectivity index (χ3n) is 3.78. The minimum absolute atomic E-state index is 0.979. The lowest BCUT2D eigenvalue weighted by Crippen LogP contribution is -2.31. The number of hydrogen-bond donors (Lipinski definition) is 1. The summed E-state index contributed by atoms with van der Waals surface area (Å²) >= 11 is 0. The molecule has 2 rings (SSSR count). The van der Waals surface area contributed by atoms with Crippen LogP contribution in [0, 0.1) is 0 Å². The van der Waals surface area contributed by atoms with Crippen molar-refractivity contribution in [2.24, 2.45) is 0 Å². The molecule has 0 spiro atoms. The van der Waals surface area contributed by atoms with E-state index < -0.39 is 0 Å². The molecule has 1 N–H and O–H groups in total. The summed E-state index contributed by atoms with van der Waals surface area (Å²) in [7, 11) is 0. The molecule has 0 aromatic heterocycles. The molecule has 2 nitrogen and oxygen atoms in total. The summed E-state index contributed by atoms with van der Waals surface area (Å²) in [6.07, 6.45) is 8.89. The third-order valence-corrected chi connectivity index (χ3v) is 3.78. The highest BCUT2D eigenvalue weighted by molar-refractivity contribution is 5.64. The molecule has 0 radical (unpaired) electrons. The fourth-order valence-corrected chi connectivity index (χ4v) is 2.84. The van der Waals surface area contributed by atoms with Crippen LogP contribution in [-0.2, 0) is 6.42 Å². The molecular formula is C19H26N2. The van der Waals surface area contributed by atoms with Crippen LogP contribution in [-0.4, -0.2) is 13.1 Å². The van der Waals surface area contributed by atoms with Crippen molar-refractivity contribution in [3.05, 3.63) is 59.8 Å². The predicted molar refractivity (Wildman–Crippen MR) is 94.0 cm³/mol. The Labute approximate surface area is 128 Å². The molecule has 0 fully saturated rings. The summed E-state index contributed by atoms with van der Waals surface area (Å²) in [5.41, 5.74) is 6.30. The van der Waals surface area contributed by atoms with Gasteiger partial charge in [-0.1, -0.05) is 24.8 Å². The van der Waals surface area contributed by atoms with E-state index in [9.17, 15) is 0 Å². The van der Waals surface area contributed by atoms with E-state index in [2.05, 4.69) is 67.1 Å². The van der Waals surface area contributed by atoms with E-state index in [0.717, 1.165) is 30.9 Å². The summed E-state index contributed by atoms with van der Waals surface area (Å²) < 4.78 is 0. The maximum absolute atomic E-state index is 3.91. The lowest BCUT2D eigenvalue weighted by molar-refractivity contribution is 0.717. The van der Waals surface area contributed by atoms with Crippen molar-refractivity contribution in [3.63, 3.8) is 0 Å². The number of hydrogen-bond acceptors (Lipinski definition) is 2. The first kappa shape index (κ1) is 15.4. The lowest BCUT2D eigenvalue weighted by Gasteiger charge is -2.32. The van der Waals surface area contributed by atoms with E-state index in [0.29, 0.717) is 0 Å². The first-order valence-electron chi connectivity index (χ1n) is 7.72. The van der Waals surface area contributed by atoms with Gasteiger partial charge in [-0.25, -0.2) is 0 Å². The second-order valence-corrected chi connectivity index (χ2v) is 5.64. The van der Waals surface area contributed by atoms with E-state index in [-0.39, 0.29) is 0 Å². The van der Waals surface area contributed by atoms with Crippen molar-refractivity contribution in [3.8, 4) is 0 Å². The average molecular weight is 282 g/mol. The smallest absolute Gasteiger partial charge is 0.0426 e. The zero-order valence-corrected chi connectivity index (χ0v) is 13.4. The molecule has 1 aromatic rings. The molecule has 1 heterocycles. The number of allylic oxidation sites excluding steroid dienone is 3. The summed E-state index contributed by atoms with van der Waals surface area (Å²) in [6, 6.07) is 6.65. The third kappa shape index (κ3) is 4.01. The van der Waals surface area contributed by atoms with Crippen LogP contribution in [0.4, 0.5) is 11.4 Å². The highest BCUT2D eigenvalue weighted by Gasteiger charge is 2.17. The maximum atomic E-state index is 3.91. The first-order chi connectivity index (χ1) is 10.1. The van der Waals surface area contributed by atoms with Gasteiger partial charge in [0.15, 0.2) is 0 Å². The maximum Gasteiger partial charge on any atom is 0.0426 e. The van der Waals surface area contributed by atoms with Gasteiger partial charge in [-0.15, -0.1) is 0 Å². The number of nitrogens with zero attached hydrogens (tertiary/aromatic N) is 1. The Morgan fingerprint density at radius 1 is 1.38 bits per heavy atom. The minimum atomic E-state index is 0.979. The van der Waals surface area contributed by atoms with Crippen LogP contribution in [0.5, 0.6) is 0 Å². The van der Waals surface area contributed by atoms with Crippen LogP contribution in [0.1, 0.15) is 32.8 Å². The Morgan fingerprint density at radius 2 is 2.19 bits per heavy atom. The van der Waals surface area contributed by atoms with Crippen molar-refractivity contribution in [1.29, 1.82) is 0 Å². The van der Waals surface area contributed by atoms with Crippen molar-refractivity contribution >= 4 is 11.4 Å². The van der Waals surface area contributed by atoms with E-state index in [1.807, 2.05) is 6.92 Å². The molecular weight excluding hydrogens is 256 g/mol. The minimum Gasteiger partial charge on any atom is -0.367 e. The molecule has 0 bridgehead atoms. The van der Waals surface area contributed by atoms with Gasteiger partial charge in [-0.05, 0) is 62.9 Å². The summed E-state index contributed by atoms with van der Waals surface area (Å²) in [4.78, 5) is 2.48. The monoisotopic (exact) mass is 282 g/mol. The van der Waals surface area contributed by atoms with Crippen LogP contribution in [0.2, 0.25) is 0 Å². The molecule has 0 amide bonds. The van der Waals surface area contributed by atoms with Crippen molar-refractivity contribution < 1.29 is 0 Å². The molecule has 21 heavy (non-hydrogen) atoms. The van der Waals surface area contributed by atoms with Gasteiger partial charge in [-0.2, -0.15) is 0 Å². The van der Waals surface area contributed by atoms with Crippen LogP contribution >= 0.6 is 0 Å². The fraction of sp³-hybridized carbons (Fsp3) is 0.368. The number of nitrogens with one attached hydrogen (secondary N) is 1. The van der Waals surface area contributed by atoms with Crippen molar-refractivity contribution in [2.45, 2.75) is 33.6 Å². The zero-order chi connectivity index (χ0) is 15.2. The van der Waals surface area contributed by atoms with Crippen molar-refractivity contribution in [1.82, 2.24) is 0 Å². The average Bonchev–Trinajstić information content (AvgIpc) is 2.46. The second-order valence-electron chi connectivity index (χ2n) is 5.64. The van der Waals surface area contributed by atoms with Crippen molar-refractivity contribution in [2.75, 3.05) is 23.3 Å². The summed E-state index contributed by atoms with van der Waals surface area (Å²) in [5.74, 6) is 0. The molecule has 0 saturated carbocycles. The summed E-state index contributed by atoms with van der Waals surface area (Å²) in [6.45, 7) is 12.2. The molecule has 0 aliphatic carbocycles. The van der Waals surface area contributed by atoms with Gasteiger partial charge in [0.05, 0.1) is 0 Å². The molecule has 0 unspecified atom stereocenters. The quantitative estimate of drug-likeness (QED) is 0.772. The molecule has 112 valence electrons. The molecule has 2 heteroatoms. The SMILES string of the molecule is C=C(C)Nc1ccc2c(c1)CCCN2CC(/C=C\C)=C/C. The zero-order valence-electron chi connectivity index (χ0n) is 13.4. The highest BCUT2D eigenvalue weighted by Crippen LogP contribution is 2.30. The normalized spacial score (nSPS) is 15.2. The van der Waals surface area contributed by atoms with Crippen LogP contribution in [0.15, 0.2) is 54.3 Å². The Kier molecular flexibility index (Phi) is 5.26. The topological polar surface area (TPSA) is 15.3 Å². The van der Waals surface area contributed by atoms with Crippen LogP contribution in [0.25, 0.3) is 0 Å². The Balaban J connectivity index is 2.21. The standard InChI is InChI=1S/C19H26N2/c1-5-8-16(6-2)14-21-12-7-9-17-13-18(20-15(3)4)10-11-19(17)21/h5-6,8,10-11,13,20H,3,7,9,12,14H2,1-2,4H3/b8-5-,16-6+. The number of aryl methyl sites for hydroxylation is 1. The van der Waals surface area contributed by atoms with Gasteiger partial charge in [0.25, 0.3) is 0 Å². The fourth-order valence-electron chi connectivity index (χ4n) is 2.84. The first-order valence-corrected chi connectivity index (χ1v) is 7.72. The predicted octanol–water partition coefficient (Wildman–Crippen LogP) is 4.91. The van der Waals surface area contributed by atoms with Gasteiger partial charge in [0, 0.05) is 30.2 Å². The Bertz CT molecular complexity index is 567. The lowest BCUT2D eigenvalue weighted by atomic mass is 10.00. The van der Waals surface area contributed by atoms with Gasteiger partial charge in [0.1, 0.15) is 0 Å². The van der Waals surface area contributed by atoms with Gasteiger partial charge < -0.3 is 10.2 Å². The van der Waals surface area contributed by atoms with E-state index in [1.165, 1.54) is 23.2 Å². The largest absolute Gasteiger partial charge is 0.367 e. The number of benzene rings is 1. The molecule has 1 aliphatic heterocycles. The van der Waals surface area contributed by atoms with Crippen LogP contribution < -0.4 is 10.2 Å². The van der Waals surface area contributed by atoms with Crippen LogP contribution in [0.3, 0.4) is 0 Å². The number of rotatable bonds is 5. The highest BCUT2D eigenvalue weighted by atomic mass is 15.1. The number of fused-ring (bicyclic) bond motifs is 1. The van der Waals surface area contributed by atoms with Gasteiger partial charge in [0.2, 0.25) is 0 Å².